The molecule has 1 unspecified atom stereocenters. The molecule has 4 nitrogen and oxygen atoms in total. The predicted octanol–water partition coefficient (Wildman–Crippen LogP) is 3.50. The smallest absolute Gasteiger partial charge is 0.255 e. The van der Waals surface area contributed by atoms with E-state index in [1.807, 2.05) is 19.1 Å². The fourth-order valence-corrected chi connectivity index (χ4v) is 3.23. The summed E-state index contributed by atoms with van der Waals surface area (Å²) in [5.74, 6) is 0.0780. The molecule has 2 rings (SSSR count). The number of benzene rings is 1. The van der Waals surface area contributed by atoms with Crippen molar-refractivity contribution in [2.75, 3.05) is 13.1 Å². The molecule has 1 atom stereocenters. The van der Waals surface area contributed by atoms with Gasteiger partial charge in [0.1, 0.15) is 0 Å². The monoisotopic (exact) mass is 336 g/mol. The van der Waals surface area contributed by atoms with Crippen LogP contribution in [0.15, 0.2) is 24.3 Å². The maximum absolute atomic E-state index is 12.5. The summed E-state index contributed by atoms with van der Waals surface area (Å²) in [7, 11) is 0. The van der Waals surface area contributed by atoms with Crippen LogP contribution >= 0.6 is 11.6 Å². The molecule has 5 heteroatoms. The fourth-order valence-electron chi connectivity index (χ4n) is 3.02. The molecule has 1 aliphatic rings. The zero-order chi connectivity index (χ0) is 16.8. The Morgan fingerprint density at radius 1 is 1.30 bits per heavy atom. The van der Waals surface area contributed by atoms with Gasteiger partial charge in [0.05, 0.1) is 10.6 Å². The van der Waals surface area contributed by atoms with Crippen molar-refractivity contribution >= 4 is 23.4 Å². The van der Waals surface area contributed by atoms with Crippen LogP contribution in [0.25, 0.3) is 0 Å². The number of hydrogen-bond acceptors (Lipinski definition) is 2. The van der Waals surface area contributed by atoms with Gasteiger partial charge < -0.3 is 10.2 Å². The van der Waals surface area contributed by atoms with Crippen molar-refractivity contribution in [1.82, 2.24) is 10.2 Å². The summed E-state index contributed by atoms with van der Waals surface area (Å²) in [4.78, 5) is 26.5. The van der Waals surface area contributed by atoms with Crippen molar-refractivity contribution in [3.05, 3.63) is 34.9 Å². The van der Waals surface area contributed by atoms with E-state index in [-0.39, 0.29) is 23.8 Å². The Morgan fingerprint density at radius 2 is 1.96 bits per heavy atom. The Kier molecular flexibility index (Phi) is 6.46. The Balaban J connectivity index is 1.87. The predicted molar refractivity (Wildman–Crippen MR) is 92.6 cm³/mol. The molecule has 0 saturated carbocycles. The first-order valence-electron chi connectivity index (χ1n) is 8.37. The topological polar surface area (TPSA) is 49.4 Å². The molecule has 1 saturated heterocycles. The summed E-state index contributed by atoms with van der Waals surface area (Å²) >= 11 is 6.09. The molecular formula is C18H25ClN2O2. The van der Waals surface area contributed by atoms with Gasteiger partial charge in [0.25, 0.3) is 5.91 Å². The summed E-state index contributed by atoms with van der Waals surface area (Å²) in [6.45, 7) is 5.35. The SMILES string of the molecule is CCCC(C)NC(=O)C1CCN(C(=O)c2ccccc2Cl)CC1. The van der Waals surface area contributed by atoms with Gasteiger partial charge in [0.2, 0.25) is 5.91 Å². The number of piperidine rings is 1. The summed E-state index contributed by atoms with van der Waals surface area (Å²) in [5.41, 5.74) is 0.536. The fraction of sp³-hybridized carbons (Fsp3) is 0.556. The molecule has 1 aromatic carbocycles. The lowest BCUT2D eigenvalue weighted by atomic mass is 9.95. The number of rotatable bonds is 5. The average molecular weight is 337 g/mol. The van der Waals surface area contributed by atoms with Gasteiger partial charge in [-0.25, -0.2) is 0 Å². The highest BCUT2D eigenvalue weighted by atomic mass is 35.5. The van der Waals surface area contributed by atoms with E-state index < -0.39 is 0 Å². The average Bonchev–Trinajstić information content (AvgIpc) is 2.55. The van der Waals surface area contributed by atoms with Crippen LogP contribution < -0.4 is 5.32 Å². The van der Waals surface area contributed by atoms with E-state index in [4.69, 9.17) is 11.6 Å². The van der Waals surface area contributed by atoms with Crippen molar-refractivity contribution in [1.29, 1.82) is 0 Å². The lowest BCUT2D eigenvalue weighted by molar-refractivity contribution is -0.126. The zero-order valence-corrected chi connectivity index (χ0v) is 14.6. The lowest BCUT2D eigenvalue weighted by Gasteiger charge is -2.32. The van der Waals surface area contributed by atoms with Crippen molar-refractivity contribution in [3.8, 4) is 0 Å². The Hall–Kier alpha value is -1.55. The summed E-state index contributed by atoms with van der Waals surface area (Å²) in [5, 5.41) is 3.55. The molecule has 0 aromatic heterocycles. The van der Waals surface area contributed by atoms with E-state index in [0.717, 1.165) is 12.8 Å². The molecule has 1 heterocycles. The van der Waals surface area contributed by atoms with Crippen molar-refractivity contribution in [2.45, 2.75) is 45.6 Å². The van der Waals surface area contributed by atoms with Gasteiger partial charge in [-0.3, -0.25) is 9.59 Å². The second kappa shape index (κ2) is 8.34. The van der Waals surface area contributed by atoms with E-state index in [9.17, 15) is 9.59 Å². The van der Waals surface area contributed by atoms with Crippen LogP contribution in [-0.4, -0.2) is 35.8 Å². The van der Waals surface area contributed by atoms with Gasteiger partial charge >= 0.3 is 0 Å². The van der Waals surface area contributed by atoms with Gasteiger partial charge in [-0.2, -0.15) is 0 Å². The number of carbonyl (C=O) groups is 2. The third kappa shape index (κ3) is 4.71. The number of hydrogen-bond donors (Lipinski definition) is 1. The van der Waals surface area contributed by atoms with Crippen LogP contribution in [0.2, 0.25) is 5.02 Å². The third-order valence-corrected chi connectivity index (χ3v) is 4.70. The Morgan fingerprint density at radius 3 is 2.57 bits per heavy atom. The quantitative estimate of drug-likeness (QED) is 0.894. The molecule has 1 aliphatic heterocycles. The van der Waals surface area contributed by atoms with E-state index >= 15 is 0 Å². The second-order valence-electron chi connectivity index (χ2n) is 6.24. The molecule has 23 heavy (non-hydrogen) atoms. The lowest BCUT2D eigenvalue weighted by Crippen LogP contribution is -2.44. The van der Waals surface area contributed by atoms with Crippen LogP contribution in [0.5, 0.6) is 0 Å². The van der Waals surface area contributed by atoms with Crippen LogP contribution in [-0.2, 0) is 4.79 Å². The molecule has 1 aromatic rings. The first-order valence-corrected chi connectivity index (χ1v) is 8.75. The first kappa shape index (κ1) is 17.8. The minimum Gasteiger partial charge on any atom is -0.353 e. The number of nitrogens with one attached hydrogen (secondary N) is 1. The van der Waals surface area contributed by atoms with E-state index in [1.54, 1.807) is 17.0 Å². The normalized spacial score (nSPS) is 16.9. The molecule has 0 aliphatic carbocycles. The Bertz CT molecular complexity index is 554. The van der Waals surface area contributed by atoms with Crippen LogP contribution in [0.3, 0.4) is 0 Å². The second-order valence-corrected chi connectivity index (χ2v) is 6.65. The molecule has 1 fully saturated rings. The highest BCUT2D eigenvalue weighted by Crippen LogP contribution is 2.22. The number of likely N-dealkylation sites (tertiary alicyclic amines) is 1. The molecule has 0 bridgehead atoms. The van der Waals surface area contributed by atoms with Crippen LogP contribution in [0, 0.1) is 5.92 Å². The van der Waals surface area contributed by atoms with Gasteiger partial charge in [0, 0.05) is 25.0 Å². The molecule has 126 valence electrons. The molecular weight excluding hydrogens is 312 g/mol. The van der Waals surface area contributed by atoms with Gasteiger partial charge in [-0.05, 0) is 38.3 Å². The van der Waals surface area contributed by atoms with Gasteiger partial charge in [-0.15, -0.1) is 0 Å². The summed E-state index contributed by atoms with van der Waals surface area (Å²) < 4.78 is 0. The Labute approximate surface area is 143 Å². The van der Waals surface area contributed by atoms with Gasteiger partial charge in [-0.1, -0.05) is 37.1 Å². The number of amides is 2. The standard InChI is InChI=1S/C18H25ClN2O2/c1-3-6-13(2)20-17(22)14-9-11-21(12-10-14)18(23)15-7-4-5-8-16(15)19/h4-5,7-8,13-14H,3,6,9-12H2,1-2H3,(H,20,22). The minimum absolute atomic E-state index is 0.00426. The number of nitrogens with zero attached hydrogens (tertiary/aromatic N) is 1. The van der Waals surface area contributed by atoms with E-state index in [0.29, 0.717) is 36.5 Å². The summed E-state index contributed by atoms with van der Waals surface area (Å²) in [6.07, 6.45) is 3.48. The number of halogens is 1. The molecule has 2 amide bonds. The minimum atomic E-state index is -0.0474. The van der Waals surface area contributed by atoms with Crippen LogP contribution in [0.4, 0.5) is 0 Å². The maximum Gasteiger partial charge on any atom is 0.255 e. The van der Waals surface area contributed by atoms with Crippen molar-refractivity contribution < 1.29 is 9.59 Å². The first-order chi connectivity index (χ1) is 11.0. The van der Waals surface area contributed by atoms with Gasteiger partial charge in [0.15, 0.2) is 0 Å². The molecule has 0 spiro atoms. The van der Waals surface area contributed by atoms with E-state index in [2.05, 4.69) is 12.2 Å². The van der Waals surface area contributed by atoms with E-state index in [1.165, 1.54) is 0 Å². The summed E-state index contributed by atoms with van der Waals surface area (Å²) in [6, 6.07) is 7.32. The molecule has 1 N–H and O–H groups in total. The van der Waals surface area contributed by atoms with Crippen molar-refractivity contribution in [2.24, 2.45) is 5.92 Å². The largest absolute Gasteiger partial charge is 0.353 e. The highest BCUT2D eigenvalue weighted by molar-refractivity contribution is 6.33. The van der Waals surface area contributed by atoms with Crippen LogP contribution in [0.1, 0.15) is 49.9 Å². The highest BCUT2D eigenvalue weighted by Gasteiger charge is 2.28. The van der Waals surface area contributed by atoms with Crippen molar-refractivity contribution in [3.63, 3.8) is 0 Å². The maximum atomic E-state index is 12.5. The third-order valence-electron chi connectivity index (χ3n) is 4.37. The number of carbonyl (C=O) groups excluding carboxylic acids is 2. The molecule has 0 radical (unpaired) electrons. The zero-order valence-electron chi connectivity index (χ0n) is 13.8.